The average Bonchev–Trinajstić information content (AvgIpc) is 2.64. The summed E-state index contributed by atoms with van der Waals surface area (Å²) >= 11 is 10.9. The summed E-state index contributed by atoms with van der Waals surface area (Å²) < 4.78 is 61.3. The van der Waals surface area contributed by atoms with Crippen molar-refractivity contribution in [2.45, 2.75) is 25.1 Å². The molecule has 0 bridgehead atoms. The fourth-order valence-electron chi connectivity index (χ4n) is 2.33. The summed E-state index contributed by atoms with van der Waals surface area (Å²) in [5.41, 5.74) is -1.61. The second-order valence-corrected chi connectivity index (χ2v) is 8.67. The Bertz CT molecular complexity index is 737. The molecule has 1 aliphatic heterocycles. The fourth-order valence-corrected chi connectivity index (χ4v) is 4.95. The second-order valence-electron chi connectivity index (χ2n) is 5.67. The maximum absolute atomic E-state index is 12.7. The monoisotopic (exact) mass is 386 g/mol. The molecule has 10 heteroatoms. The molecule has 23 heavy (non-hydrogen) atoms. The van der Waals surface area contributed by atoms with E-state index < -0.39 is 27.1 Å². The zero-order valence-electron chi connectivity index (χ0n) is 12.0. The van der Waals surface area contributed by atoms with Gasteiger partial charge in [-0.2, -0.15) is 13.2 Å². The van der Waals surface area contributed by atoms with Crippen LogP contribution in [0, 0.1) is 0 Å². The van der Waals surface area contributed by atoms with Crippen LogP contribution in [-0.2, 0) is 16.0 Å². The van der Waals surface area contributed by atoms with E-state index in [1.54, 1.807) is 6.92 Å². The van der Waals surface area contributed by atoms with Crippen LogP contribution in [0.3, 0.4) is 0 Å². The molecular formula is C13H14ClF3N2O2S2. The largest absolute Gasteiger partial charge is 0.416 e. The predicted molar refractivity (Wildman–Crippen MR) is 87.5 cm³/mol. The molecule has 0 aliphatic carbocycles. The summed E-state index contributed by atoms with van der Waals surface area (Å²) in [6.45, 7) is 1.69. The van der Waals surface area contributed by atoms with Gasteiger partial charge < -0.3 is 10.6 Å². The minimum atomic E-state index is -4.50. The van der Waals surface area contributed by atoms with E-state index in [9.17, 15) is 21.6 Å². The van der Waals surface area contributed by atoms with Gasteiger partial charge in [0.2, 0.25) is 0 Å². The summed E-state index contributed by atoms with van der Waals surface area (Å²) in [5.74, 6) is -0.0401. The maximum atomic E-state index is 12.7. The predicted octanol–water partition coefficient (Wildman–Crippen LogP) is 3.22. The molecule has 0 amide bonds. The number of thiocarbonyl (C=S) groups is 1. The highest BCUT2D eigenvalue weighted by molar-refractivity contribution is 7.91. The molecule has 0 radical (unpaired) electrons. The van der Waals surface area contributed by atoms with Crippen molar-refractivity contribution in [3.63, 3.8) is 0 Å². The highest BCUT2D eigenvalue weighted by atomic mass is 35.5. The van der Waals surface area contributed by atoms with Crippen molar-refractivity contribution in [2.24, 2.45) is 0 Å². The lowest BCUT2D eigenvalue weighted by Crippen LogP contribution is -2.48. The van der Waals surface area contributed by atoms with Crippen molar-refractivity contribution in [1.29, 1.82) is 0 Å². The van der Waals surface area contributed by atoms with Gasteiger partial charge in [-0.1, -0.05) is 11.6 Å². The van der Waals surface area contributed by atoms with Gasteiger partial charge in [-0.15, -0.1) is 0 Å². The molecule has 1 aromatic carbocycles. The third-order valence-corrected chi connectivity index (χ3v) is 5.90. The average molecular weight is 387 g/mol. The van der Waals surface area contributed by atoms with Gasteiger partial charge in [-0.25, -0.2) is 8.42 Å². The third kappa shape index (κ3) is 4.71. The first-order valence-electron chi connectivity index (χ1n) is 6.57. The zero-order valence-corrected chi connectivity index (χ0v) is 14.4. The standard InChI is InChI=1S/C13H14ClF3N2O2S2/c1-12(4-5-23(20,21)7-12)19-11(22)18-10-6-8(13(15,16)17)2-3-9(10)14/h2-3,6H,4-5,7H2,1H3,(H2,18,19,22). The number of sulfone groups is 1. The minimum absolute atomic E-state index is 0.00319. The van der Waals surface area contributed by atoms with Crippen LogP contribution in [0.1, 0.15) is 18.9 Å². The molecule has 1 heterocycles. The van der Waals surface area contributed by atoms with E-state index in [0.717, 1.165) is 18.2 Å². The summed E-state index contributed by atoms with van der Waals surface area (Å²) in [5, 5.41) is 5.54. The highest BCUT2D eigenvalue weighted by Gasteiger charge is 2.39. The van der Waals surface area contributed by atoms with Crippen LogP contribution in [-0.4, -0.2) is 30.6 Å². The van der Waals surface area contributed by atoms with E-state index in [0.29, 0.717) is 6.42 Å². The molecule has 1 saturated heterocycles. The Hall–Kier alpha value is -1.06. The van der Waals surface area contributed by atoms with Crippen LogP contribution in [0.4, 0.5) is 18.9 Å². The molecule has 1 atom stereocenters. The number of rotatable bonds is 2. The van der Waals surface area contributed by atoms with E-state index in [-0.39, 0.29) is 27.3 Å². The lowest BCUT2D eigenvalue weighted by Gasteiger charge is -2.26. The van der Waals surface area contributed by atoms with E-state index >= 15 is 0 Å². The van der Waals surface area contributed by atoms with Crippen molar-refractivity contribution < 1.29 is 21.6 Å². The SMILES string of the molecule is CC1(NC(=S)Nc2cc(C(F)(F)F)ccc2Cl)CCS(=O)(=O)C1. The van der Waals surface area contributed by atoms with Gasteiger partial charge in [0.1, 0.15) is 0 Å². The molecule has 0 saturated carbocycles. The minimum Gasteiger partial charge on any atom is -0.356 e. The van der Waals surface area contributed by atoms with Crippen LogP contribution in [0.15, 0.2) is 18.2 Å². The lowest BCUT2D eigenvalue weighted by molar-refractivity contribution is -0.137. The van der Waals surface area contributed by atoms with Crippen molar-refractivity contribution in [1.82, 2.24) is 5.32 Å². The van der Waals surface area contributed by atoms with Gasteiger partial charge in [0.15, 0.2) is 14.9 Å². The normalized spacial score (nSPS) is 23.5. The molecule has 4 nitrogen and oxygen atoms in total. The molecule has 128 valence electrons. The van der Waals surface area contributed by atoms with Gasteiger partial charge in [-0.05, 0) is 43.8 Å². The molecule has 1 aliphatic rings. The highest BCUT2D eigenvalue weighted by Crippen LogP contribution is 2.34. The smallest absolute Gasteiger partial charge is 0.356 e. The van der Waals surface area contributed by atoms with Crippen LogP contribution in [0.5, 0.6) is 0 Å². The number of hydrogen-bond donors (Lipinski definition) is 2. The number of benzene rings is 1. The van der Waals surface area contributed by atoms with E-state index in [1.165, 1.54) is 0 Å². The number of alkyl halides is 3. The quantitative estimate of drug-likeness (QED) is 0.764. The van der Waals surface area contributed by atoms with Crippen molar-refractivity contribution in [2.75, 3.05) is 16.8 Å². The third-order valence-electron chi connectivity index (χ3n) is 3.46. The van der Waals surface area contributed by atoms with Gasteiger partial charge >= 0.3 is 6.18 Å². The summed E-state index contributed by atoms with van der Waals surface area (Å²) in [6, 6.07) is 2.84. The number of halogens is 4. The second kappa shape index (κ2) is 6.10. The number of nitrogens with one attached hydrogen (secondary N) is 2. The molecule has 1 unspecified atom stereocenters. The van der Waals surface area contributed by atoms with Crippen molar-refractivity contribution in [3.05, 3.63) is 28.8 Å². The molecular weight excluding hydrogens is 373 g/mol. The van der Waals surface area contributed by atoms with E-state index in [4.69, 9.17) is 23.8 Å². The topological polar surface area (TPSA) is 58.2 Å². The van der Waals surface area contributed by atoms with Gasteiger partial charge in [-0.3, -0.25) is 0 Å². The summed E-state index contributed by atoms with van der Waals surface area (Å²) in [4.78, 5) is 0. The Morgan fingerprint density at radius 2 is 2.04 bits per heavy atom. The first-order valence-corrected chi connectivity index (χ1v) is 9.17. The lowest BCUT2D eigenvalue weighted by atomic mass is 10.0. The molecule has 1 fully saturated rings. The van der Waals surface area contributed by atoms with E-state index in [1.807, 2.05) is 0 Å². The van der Waals surface area contributed by atoms with Crippen LogP contribution < -0.4 is 10.6 Å². The first-order chi connectivity index (χ1) is 10.4. The number of hydrogen-bond acceptors (Lipinski definition) is 3. The molecule has 0 aromatic heterocycles. The van der Waals surface area contributed by atoms with Crippen LogP contribution >= 0.6 is 23.8 Å². The van der Waals surface area contributed by atoms with E-state index in [2.05, 4.69) is 10.6 Å². The van der Waals surface area contributed by atoms with Gasteiger partial charge in [0.05, 0.1) is 33.3 Å². The Balaban J connectivity index is 2.12. The fraction of sp³-hybridized carbons (Fsp3) is 0.462. The Morgan fingerprint density at radius 1 is 1.39 bits per heavy atom. The molecule has 1 aromatic rings. The summed E-state index contributed by atoms with van der Waals surface area (Å²) in [7, 11) is -3.13. The molecule has 2 N–H and O–H groups in total. The van der Waals surface area contributed by atoms with Gasteiger partial charge in [0.25, 0.3) is 0 Å². The molecule has 2 rings (SSSR count). The maximum Gasteiger partial charge on any atom is 0.416 e. The van der Waals surface area contributed by atoms with Crippen molar-refractivity contribution in [3.8, 4) is 0 Å². The Labute approximate surface area is 142 Å². The Morgan fingerprint density at radius 3 is 2.57 bits per heavy atom. The Kier molecular flexibility index (Phi) is 4.85. The van der Waals surface area contributed by atoms with Crippen LogP contribution in [0.2, 0.25) is 5.02 Å². The molecule has 0 spiro atoms. The van der Waals surface area contributed by atoms with Gasteiger partial charge in [0, 0.05) is 0 Å². The number of anilines is 1. The summed E-state index contributed by atoms with van der Waals surface area (Å²) in [6.07, 6.45) is -4.13. The zero-order chi connectivity index (χ0) is 17.5. The van der Waals surface area contributed by atoms with Crippen molar-refractivity contribution >= 4 is 44.5 Å². The van der Waals surface area contributed by atoms with Crippen LogP contribution in [0.25, 0.3) is 0 Å². The first kappa shape index (κ1) is 18.3.